The Hall–Kier alpha value is -3.01. The average molecular weight is 489 g/mol. The van der Waals surface area contributed by atoms with E-state index < -0.39 is 15.7 Å². The van der Waals surface area contributed by atoms with Gasteiger partial charge in [0.1, 0.15) is 16.5 Å². The van der Waals surface area contributed by atoms with Gasteiger partial charge in [0.05, 0.1) is 18.5 Å². The van der Waals surface area contributed by atoms with Gasteiger partial charge >= 0.3 is 6.01 Å². The van der Waals surface area contributed by atoms with Crippen molar-refractivity contribution in [3.63, 3.8) is 0 Å². The van der Waals surface area contributed by atoms with E-state index >= 15 is 0 Å². The van der Waals surface area contributed by atoms with Gasteiger partial charge in [-0.2, -0.15) is 4.98 Å². The van der Waals surface area contributed by atoms with Crippen molar-refractivity contribution in [1.29, 1.82) is 0 Å². The smallest absolute Gasteiger partial charge is 0.324 e. The fourth-order valence-corrected chi connectivity index (χ4v) is 4.72. The van der Waals surface area contributed by atoms with Crippen LogP contribution in [-0.4, -0.2) is 49.5 Å². The van der Waals surface area contributed by atoms with Gasteiger partial charge in [0.2, 0.25) is 0 Å². The average Bonchev–Trinajstić information content (AvgIpc) is 3.41. The van der Waals surface area contributed by atoms with Crippen LogP contribution in [0, 0.1) is 11.2 Å². The van der Waals surface area contributed by atoms with E-state index in [9.17, 15) is 12.8 Å². The summed E-state index contributed by atoms with van der Waals surface area (Å²) in [6.45, 7) is 8.52. The van der Waals surface area contributed by atoms with Gasteiger partial charge in [-0.1, -0.05) is 32.0 Å². The summed E-state index contributed by atoms with van der Waals surface area (Å²) in [5.74, 6) is 0.776. The van der Waals surface area contributed by atoms with Crippen LogP contribution in [0.1, 0.15) is 45.4 Å². The molecule has 0 aliphatic carbocycles. The van der Waals surface area contributed by atoms with Crippen LogP contribution in [0.4, 0.5) is 10.4 Å². The first kappa shape index (κ1) is 24.1. The van der Waals surface area contributed by atoms with E-state index in [0.717, 1.165) is 38.0 Å². The number of sulfone groups is 1. The van der Waals surface area contributed by atoms with Gasteiger partial charge in [-0.05, 0) is 42.5 Å². The molecule has 2 aromatic heterocycles. The Labute approximate surface area is 199 Å². The lowest BCUT2D eigenvalue weighted by Crippen LogP contribution is -2.26. The van der Waals surface area contributed by atoms with Gasteiger partial charge in [0.25, 0.3) is 0 Å². The largest absolute Gasteiger partial charge is 0.492 e. The molecule has 3 heterocycles. The molecule has 4 rings (SSSR count). The maximum absolute atomic E-state index is 14.2. The second kappa shape index (κ2) is 9.32. The first-order valence-corrected chi connectivity index (χ1v) is 13.1. The third kappa shape index (κ3) is 5.38. The fraction of sp³-hybridized carbons (Fsp3) is 0.458. The Bertz CT molecular complexity index is 1260. The zero-order valence-electron chi connectivity index (χ0n) is 19.8. The number of hydrogen-bond donors (Lipinski definition) is 0. The van der Waals surface area contributed by atoms with Crippen molar-refractivity contribution in [2.45, 2.75) is 44.4 Å². The second-order valence-corrected chi connectivity index (χ2v) is 11.5. The Kier molecular flexibility index (Phi) is 6.62. The molecule has 0 N–H and O–H groups in total. The number of halogens is 1. The first-order chi connectivity index (χ1) is 16.0. The highest BCUT2D eigenvalue weighted by Gasteiger charge is 2.36. The third-order valence-electron chi connectivity index (χ3n) is 6.11. The minimum atomic E-state index is -3.61. The molecule has 34 heavy (non-hydrogen) atoms. The van der Waals surface area contributed by atoms with Crippen molar-refractivity contribution >= 4 is 15.9 Å². The summed E-state index contributed by atoms with van der Waals surface area (Å²) in [7, 11) is -3.61. The van der Waals surface area contributed by atoms with Crippen molar-refractivity contribution in [2.24, 2.45) is 5.41 Å². The number of ether oxygens (including phenoxy) is 1. The van der Waals surface area contributed by atoms with E-state index in [4.69, 9.17) is 9.26 Å². The van der Waals surface area contributed by atoms with Crippen LogP contribution >= 0.6 is 0 Å². The molecule has 3 aromatic rings. The number of anilines is 1. The third-order valence-corrected chi connectivity index (χ3v) is 7.24. The number of nitrogens with zero attached hydrogens (tertiary/aromatic N) is 4. The predicted octanol–water partition coefficient (Wildman–Crippen LogP) is 4.48. The molecule has 0 saturated carbocycles. The highest BCUT2D eigenvalue weighted by molar-refractivity contribution is 7.90. The van der Waals surface area contributed by atoms with E-state index in [1.807, 2.05) is 13.8 Å². The van der Waals surface area contributed by atoms with Crippen LogP contribution in [0.25, 0.3) is 11.3 Å². The molecular formula is C24H29FN4O4S. The Morgan fingerprint density at radius 2 is 2.06 bits per heavy atom. The molecule has 1 aliphatic heterocycles. The maximum atomic E-state index is 14.2. The van der Waals surface area contributed by atoms with Crippen molar-refractivity contribution < 1.29 is 22.1 Å². The van der Waals surface area contributed by atoms with Gasteiger partial charge < -0.3 is 14.2 Å². The summed E-state index contributed by atoms with van der Waals surface area (Å²) in [6, 6.07) is 8.07. The van der Waals surface area contributed by atoms with Gasteiger partial charge in [-0.15, -0.1) is 0 Å². The van der Waals surface area contributed by atoms with Crippen LogP contribution < -0.4 is 9.64 Å². The standard InChI is InChI=1S/C24H29FN4O4S/c1-16(2)22-27-23(33-28-22)29-11-9-24(3,15-29)10-12-32-18-6-7-20(26-14-18)17-5-8-21(19(25)13-17)34(4,30)31/h5-8,13-14,16H,9-12,15H2,1-4H3. The Morgan fingerprint density at radius 1 is 1.26 bits per heavy atom. The molecular weight excluding hydrogens is 459 g/mol. The number of benzene rings is 1. The molecule has 1 fully saturated rings. The van der Waals surface area contributed by atoms with Crippen LogP contribution in [0.2, 0.25) is 0 Å². The highest BCUT2D eigenvalue weighted by Crippen LogP contribution is 2.36. The molecule has 10 heteroatoms. The number of rotatable bonds is 8. The molecule has 1 saturated heterocycles. The van der Waals surface area contributed by atoms with E-state index in [1.165, 1.54) is 12.1 Å². The minimum Gasteiger partial charge on any atom is -0.492 e. The molecule has 1 atom stereocenters. The zero-order valence-corrected chi connectivity index (χ0v) is 20.6. The summed E-state index contributed by atoms with van der Waals surface area (Å²) in [5.41, 5.74) is 1.10. The minimum absolute atomic E-state index is 0.0682. The van der Waals surface area contributed by atoms with Crippen LogP contribution in [0.5, 0.6) is 5.75 Å². The van der Waals surface area contributed by atoms with Gasteiger partial charge in [0.15, 0.2) is 15.7 Å². The molecule has 0 spiro atoms. The molecule has 182 valence electrons. The molecule has 1 unspecified atom stereocenters. The summed E-state index contributed by atoms with van der Waals surface area (Å²) in [4.78, 5) is 10.6. The zero-order chi connectivity index (χ0) is 24.5. The van der Waals surface area contributed by atoms with Crippen molar-refractivity contribution in [2.75, 3.05) is 30.9 Å². The lowest BCUT2D eigenvalue weighted by atomic mass is 9.86. The highest BCUT2D eigenvalue weighted by atomic mass is 32.2. The predicted molar refractivity (Wildman–Crippen MR) is 126 cm³/mol. The Balaban J connectivity index is 1.32. The second-order valence-electron chi connectivity index (χ2n) is 9.47. The molecule has 8 nitrogen and oxygen atoms in total. The summed E-state index contributed by atoms with van der Waals surface area (Å²) < 4.78 is 48.7. The van der Waals surface area contributed by atoms with Crippen LogP contribution in [0.3, 0.4) is 0 Å². The number of aromatic nitrogens is 3. The Morgan fingerprint density at radius 3 is 2.68 bits per heavy atom. The number of hydrogen-bond acceptors (Lipinski definition) is 8. The summed E-state index contributed by atoms with van der Waals surface area (Å²) >= 11 is 0. The van der Waals surface area contributed by atoms with Gasteiger partial charge in [-0.3, -0.25) is 4.98 Å². The fourth-order valence-electron chi connectivity index (χ4n) is 3.99. The molecule has 1 aromatic carbocycles. The summed E-state index contributed by atoms with van der Waals surface area (Å²) in [5, 5.41) is 4.05. The van der Waals surface area contributed by atoms with E-state index in [-0.39, 0.29) is 16.2 Å². The van der Waals surface area contributed by atoms with Crippen molar-refractivity contribution in [3.05, 3.63) is 48.2 Å². The van der Waals surface area contributed by atoms with Gasteiger partial charge in [0, 0.05) is 30.8 Å². The monoisotopic (exact) mass is 488 g/mol. The topological polar surface area (TPSA) is 98.4 Å². The molecule has 0 bridgehead atoms. The van der Waals surface area contributed by atoms with E-state index in [1.54, 1.807) is 24.4 Å². The normalized spacial score (nSPS) is 18.6. The molecule has 0 amide bonds. The van der Waals surface area contributed by atoms with Crippen LogP contribution in [0.15, 0.2) is 45.9 Å². The lowest BCUT2D eigenvalue weighted by Gasteiger charge is -2.23. The maximum Gasteiger partial charge on any atom is 0.324 e. The molecule has 0 radical (unpaired) electrons. The van der Waals surface area contributed by atoms with E-state index in [0.29, 0.717) is 29.6 Å². The first-order valence-electron chi connectivity index (χ1n) is 11.2. The lowest BCUT2D eigenvalue weighted by molar-refractivity contribution is 0.228. The van der Waals surface area contributed by atoms with Crippen molar-refractivity contribution in [1.82, 2.24) is 15.1 Å². The molecule has 1 aliphatic rings. The summed E-state index contributed by atoms with van der Waals surface area (Å²) in [6.07, 6.45) is 4.43. The number of pyridine rings is 1. The quantitative estimate of drug-likeness (QED) is 0.458. The van der Waals surface area contributed by atoms with E-state index in [2.05, 4.69) is 26.9 Å². The van der Waals surface area contributed by atoms with Crippen LogP contribution in [-0.2, 0) is 9.84 Å². The SMILES string of the molecule is CC(C)c1noc(N2CCC(C)(CCOc3ccc(-c4ccc(S(C)(=O)=O)c(F)c4)nc3)C2)n1. The van der Waals surface area contributed by atoms with Crippen molar-refractivity contribution in [3.8, 4) is 17.0 Å². The van der Waals surface area contributed by atoms with Gasteiger partial charge in [-0.25, -0.2) is 12.8 Å².